The minimum atomic E-state index is -0.148. The monoisotopic (exact) mass is 245 g/mol. The molecule has 0 radical (unpaired) electrons. The van der Waals surface area contributed by atoms with Crippen molar-refractivity contribution in [2.45, 2.75) is 13.3 Å². The van der Waals surface area contributed by atoms with Crippen molar-refractivity contribution in [3.05, 3.63) is 35.8 Å². The normalized spacial score (nSPS) is 10.3. The summed E-state index contributed by atoms with van der Waals surface area (Å²) in [7, 11) is 1.83. The Morgan fingerprint density at radius 1 is 1.50 bits per heavy atom. The SMILES string of the molecule is Cc1cc(NC(=O)Cc2ccc(N)cn2)nn1C. The molecule has 0 atom stereocenters. The summed E-state index contributed by atoms with van der Waals surface area (Å²) >= 11 is 0. The van der Waals surface area contributed by atoms with E-state index < -0.39 is 0 Å². The van der Waals surface area contributed by atoms with E-state index in [4.69, 9.17) is 5.73 Å². The third kappa shape index (κ3) is 2.85. The van der Waals surface area contributed by atoms with Crippen LogP contribution in [0.5, 0.6) is 0 Å². The highest BCUT2D eigenvalue weighted by Crippen LogP contribution is 2.08. The van der Waals surface area contributed by atoms with Gasteiger partial charge in [0, 0.05) is 24.5 Å². The molecule has 2 aromatic heterocycles. The summed E-state index contributed by atoms with van der Waals surface area (Å²) in [4.78, 5) is 15.8. The van der Waals surface area contributed by atoms with Crippen molar-refractivity contribution < 1.29 is 4.79 Å². The van der Waals surface area contributed by atoms with Crippen LogP contribution in [0, 0.1) is 6.92 Å². The van der Waals surface area contributed by atoms with Crippen molar-refractivity contribution in [3.8, 4) is 0 Å². The second kappa shape index (κ2) is 4.87. The van der Waals surface area contributed by atoms with Crippen LogP contribution in [0.15, 0.2) is 24.4 Å². The number of amides is 1. The minimum Gasteiger partial charge on any atom is -0.397 e. The summed E-state index contributed by atoms with van der Waals surface area (Å²) in [5, 5.41) is 6.87. The van der Waals surface area contributed by atoms with E-state index in [9.17, 15) is 4.79 Å². The van der Waals surface area contributed by atoms with E-state index in [0.29, 0.717) is 17.2 Å². The number of nitrogens with zero attached hydrogens (tertiary/aromatic N) is 3. The lowest BCUT2D eigenvalue weighted by Crippen LogP contribution is -2.15. The van der Waals surface area contributed by atoms with Crippen LogP contribution < -0.4 is 11.1 Å². The van der Waals surface area contributed by atoms with E-state index in [1.807, 2.05) is 20.0 Å². The largest absolute Gasteiger partial charge is 0.397 e. The van der Waals surface area contributed by atoms with Crippen LogP contribution >= 0.6 is 0 Å². The molecule has 0 unspecified atom stereocenters. The third-order valence-corrected chi connectivity index (χ3v) is 2.57. The van der Waals surface area contributed by atoms with Gasteiger partial charge in [-0.25, -0.2) is 0 Å². The Hall–Kier alpha value is -2.37. The number of nitrogens with two attached hydrogens (primary N) is 1. The number of hydrogen-bond acceptors (Lipinski definition) is 4. The lowest BCUT2D eigenvalue weighted by atomic mass is 10.2. The summed E-state index contributed by atoms with van der Waals surface area (Å²) < 4.78 is 1.71. The maximum absolute atomic E-state index is 11.8. The quantitative estimate of drug-likeness (QED) is 0.840. The highest BCUT2D eigenvalue weighted by molar-refractivity contribution is 5.91. The van der Waals surface area contributed by atoms with E-state index >= 15 is 0 Å². The lowest BCUT2D eigenvalue weighted by molar-refractivity contribution is -0.115. The Morgan fingerprint density at radius 2 is 2.28 bits per heavy atom. The number of aryl methyl sites for hydroxylation is 2. The molecule has 0 fully saturated rings. The molecular formula is C12H15N5O. The Bertz CT molecular complexity index is 539. The molecule has 1 amide bonds. The predicted molar refractivity (Wildman–Crippen MR) is 68.9 cm³/mol. The molecule has 3 N–H and O–H groups in total. The second-order valence-electron chi connectivity index (χ2n) is 4.10. The number of rotatable bonds is 3. The van der Waals surface area contributed by atoms with Crippen LogP contribution in [0.4, 0.5) is 11.5 Å². The van der Waals surface area contributed by atoms with Gasteiger partial charge in [-0.3, -0.25) is 14.5 Å². The first kappa shape index (κ1) is 12.1. The molecule has 2 aromatic rings. The van der Waals surface area contributed by atoms with Gasteiger partial charge >= 0.3 is 0 Å². The van der Waals surface area contributed by atoms with Gasteiger partial charge in [0.2, 0.25) is 5.91 Å². The van der Waals surface area contributed by atoms with Gasteiger partial charge < -0.3 is 11.1 Å². The first-order valence-electron chi connectivity index (χ1n) is 5.55. The maximum Gasteiger partial charge on any atom is 0.231 e. The number of carbonyl (C=O) groups excluding carboxylic acids is 1. The molecule has 6 nitrogen and oxygen atoms in total. The fourth-order valence-electron chi connectivity index (χ4n) is 1.51. The molecule has 0 aliphatic rings. The molecular weight excluding hydrogens is 230 g/mol. The van der Waals surface area contributed by atoms with Gasteiger partial charge in [-0.2, -0.15) is 5.10 Å². The Kier molecular flexibility index (Phi) is 3.27. The first-order chi connectivity index (χ1) is 8.54. The standard InChI is InChI=1S/C12H15N5O/c1-8-5-11(16-17(8)2)15-12(18)6-10-4-3-9(13)7-14-10/h3-5,7H,6,13H2,1-2H3,(H,15,16,18). The number of nitrogen functional groups attached to an aromatic ring is 1. The van der Waals surface area contributed by atoms with E-state index in [-0.39, 0.29) is 12.3 Å². The van der Waals surface area contributed by atoms with Gasteiger partial charge in [0.1, 0.15) is 0 Å². The van der Waals surface area contributed by atoms with E-state index in [2.05, 4.69) is 15.4 Å². The summed E-state index contributed by atoms with van der Waals surface area (Å²) in [5.74, 6) is 0.404. The zero-order chi connectivity index (χ0) is 13.1. The molecule has 0 saturated carbocycles. The van der Waals surface area contributed by atoms with Gasteiger partial charge in [-0.1, -0.05) is 0 Å². The third-order valence-electron chi connectivity index (χ3n) is 2.57. The van der Waals surface area contributed by atoms with E-state index in [0.717, 1.165) is 5.69 Å². The topological polar surface area (TPSA) is 85.8 Å². The summed E-state index contributed by atoms with van der Waals surface area (Å²) in [6.45, 7) is 1.92. The smallest absolute Gasteiger partial charge is 0.231 e. The van der Waals surface area contributed by atoms with Crippen LogP contribution in [0.3, 0.4) is 0 Å². The van der Waals surface area contributed by atoms with Crippen LogP contribution in [0.1, 0.15) is 11.4 Å². The summed E-state index contributed by atoms with van der Waals surface area (Å²) in [5.41, 5.74) is 7.77. The number of anilines is 2. The van der Waals surface area contributed by atoms with Crippen molar-refractivity contribution in [1.29, 1.82) is 0 Å². The molecule has 0 spiro atoms. The molecule has 0 aliphatic carbocycles. The maximum atomic E-state index is 11.8. The zero-order valence-corrected chi connectivity index (χ0v) is 10.3. The molecule has 94 valence electrons. The van der Waals surface area contributed by atoms with Crippen molar-refractivity contribution in [3.63, 3.8) is 0 Å². The van der Waals surface area contributed by atoms with E-state index in [1.54, 1.807) is 16.8 Å². The fourth-order valence-corrected chi connectivity index (χ4v) is 1.51. The van der Waals surface area contributed by atoms with Gasteiger partial charge in [-0.05, 0) is 19.1 Å². The fraction of sp³-hybridized carbons (Fsp3) is 0.250. The van der Waals surface area contributed by atoms with E-state index in [1.165, 1.54) is 6.20 Å². The zero-order valence-electron chi connectivity index (χ0n) is 10.3. The molecule has 0 aliphatic heterocycles. The highest BCUT2D eigenvalue weighted by Gasteiger charge is 2.08. The Balaban J connectivity index is 1.98. The molecule has 2 rings (SSSR count). The molecule has 0 bridgehead atoms. The van der Waals surface area contributed by atoms with Crippen molar-refractivity contribution in [2.24, 2.45) is 7.05 Å². The number of pyridine rings is 1. The Morgan fingerprint density at radius 3 is 2.83 bits per heavy atom. The van der Waals surface area contributed by atoms with Gasteiger partial charge in [0.25, 0.3) is 0 Å². The average Bonchev–Trinajstić information content (AvgIpc) is 2.61. The van der Waals surface area contributed by atoms with Crippen LogP contribution in [0.2, 0.25) is 0 Å². The minimum absolute atomic E-state index is 0.148. The molecule has 2 heterocycles. The number of aromatic nitrogens is 3. The molecule has 0 aromatic carbocycles. The van der Waals surface area contributed by atoms with Crippen molar-refractivity contribution in [1.82, 2.24) is 14.8 Å². The van der Waals surface area contributed by atoms with Crippen LogP contribution in [-0.4, -0.2) is 20.7 Å². The summed E-state index contributed by atoms with van der Waals surface area (Å²) in [6.07, 6.45) is 1.74. The predicted octanol–water partition coefficient (Wildman–Crippen LogP) is 0.887. The molecule has 0 saturated heterocycles. The number of hydrogen-bond donors (Lipinski definition) is 2. The van der Waals surface area contributed by atoms with Crippen LogP contribution in [0.25, 0.3) is 0 Å². The van der Waals surface area contributed by atoms with Gasteiger partial charge in [0.05, 0.1) is 18.3 Å². The second-order valence-corrected chi connectivity index (χ2v) is 4.10. The van der Waals surface area contributed by atoms with Crippen molar-refractivity contribution >= 4 is 17.4 Å². The first-order valence-corrected chi connectivity index (χ1v) is 5.55. The molecule has 6 heteroatoms. The van der Waals surface area contributed by atoms with Gasteiger partial charge in [0.15, 0.2) is 5.82 Å². The summed E-state index contributed by atoms with van der Waals surface area (Å²) in [6, 6.07) is 5.27. The number of nitrogens with one attached hydrogen (secondary N) is 1. The van der Waals surface area contributed by atoms with Crippen molar-refractivity contribution in [2.75, 3.05) is 11.1 Å². The highest BCUT2D eigenvalue weighted by atomic mass is 16.1. The van der Waals surface area contributed by atoms with Gasteiger partial charge in [-0.15, -0.1) is 0 Å². The number of carbonyl (C=O) groups is 1. The molecule has 18 heavy (non-hydrogen) atoms. The lowest BCUT2D eigenvalue weighted by Gasteiger charge is -2.01. The Labute approximate surface area is 105 Å². The average molecular weight is 245 g/mol. The van der Waals surface area contributed by atoms with Crippen LogP contribution in [-0.2, 0) is 18.3 Å².